The van der Waals surface area contributed by atoms with E-state index in [0.29, 0.717) is 0 Å². The van der Waals surface area contributed by atoms with Crippen LogP contribution in [0.5, 0.6) is 0 Å². The molecular formula is C26H38AlS-. The number of rotatable bonds is 11. The Balaban J connectivity index is 2.55. The van der Waals surface area contributed by atoms with Crippen LogP contribution in [0.25, 0.3) is 6.08 Å². The summed E-state index contributed by atoms with van der Waals surface area (Å²) in [5, 5.41) is 4.28. The molecule has 0 radical (unpaired) electrons. The van der Waals surface area contributed by atoms with Gasteiger partial charge in [0.1, 0.15) is 0 Å². The minimum Gasteiger partial charge on any atom is -0.195 e. The first kappa shape index (κ1) is 23.3. The van der Waals surface area contributed by atoms with Crippen LogP contribution in [-0.2, 0) is 0 Å². The summed E-state index contributed by atoms with van der Waals surface area (Å²) in [5.41, 5.74) is 1.36. The van der Waals surface area contributed by atoms with Gasteiger partial charge in [0.2, 0.25) is 0 Å². The van der Waals surface area contributed by atoms with Gasteiger partial charge < -0.3 is 0 Å². The maximum absolute atomic E-state index is 2.54. The SMILES string of the molecule is CCC[CH2][Al-]([CH2]C(C)C)([CH2]C(C)C)/[C](=C\c1ccccc1)Sc1ccccc1. The lowest BCUT2D eigenvalue weighted by Gasteiger charge is -2.42. The average Bonchev–Trinajstić information content (AvgIpc) is 2.66. The van der Waals surface area contributed by atoms with Gasteiger partial charge in [-0.3, -0.25) is 0 Å². The van der Waals surface area contributed by atoms with Crippen molar-refractivity contribution in [3.8, 4) is 0 Å². The third-order valence-corrected chi connectivity index (χ3v) is 14.9. The van der Waals surface area contributed by atoms with Crippen molar-refractivity contribution >= 4 is 30.9 Å². The van der Waals surface area contributed by atoms with Crippen molar-refractivity contribution in [1.82, 2.24) is 0 Å². The summed E-state index contributed by atoms with van der Waals surface area (Å²) in [5.74, 6) is 1.52. The molecule has 0 N–H and O–H groups in total. The number of hydrogen-bond acceptors (Lipinski definition) is 1. The number of thioether (sulfide) groups is 1. The zero-order valence-electron chi connectivity index (χ0n) is 18.5. The molecular weight excluding hydrogens is 371 g/mol. The van der Waals surface area contributed by atoms with Crippen LogP contribution in [0.15, 0.2) is 69.3 Å². The van der Waals surface area contributed by atoms with E-state index in [1.165, 1.54) is 39.1 Å². The zero-order valence-corrected chi connectivity index (χ0v) is 20.5. The van der Waals surface area contributed by atoms with Crippen LogP contribution in [0, 0.1) is 11.8 Å². The Bertz CT molecular complexity index is 694. The zero-order chi connectivity index (χ0) is 20.4. The van der Waals surface area contributed by atoms with Crippen molar-refractivity contribution in [2.24, 2.45) is 11.8 Å². The van der Waals surface area contributed by atoms with Crippen molar-refractivity contribution in [1.29, 1.82) is 0 Å². The second-order valence-corrected chi connectivity index (χ2v) is 15.9. The third-order valence-electron chi connectivity index (χ3n) is 5.65. The van der Waals surface area contributed by atoms with Crippen LogP contribution < -0.4 is 0 Å². The lowest BCUT2D eigenvalue weighted by Crippen LogP contribution is -2.39. The monoisotopic (exact) mass is 409 g/mol. The predicted octanol–water partition coefficient (Wildman–Crippen LogP) is 8.92. The van der Waals surface area contributed by atoms with Crippen LogP contribution in [0.4, 0.5) is 0 Å². The van der Waals surface area contributed by atoms with E-state index in [-0.39, 0.29) is 0 Å². The molecule has 0 bridgehead atoms. The fraction of sp³-hybridized carbons (Fsp3) is 0.462. The fourth-order valence-electron chi connectivity index (χ4n) is 4.78. The van der Waals surface area contributed by atoms with Crippen LogP contribution in [-0.4, -0.2) is 13.1 Å². The predicted molar refractivity (Wildman–Crippen MR) is 131 cm³/mol. The molecule has 2 rings (SSSR count). The Labute approximate surface area is 180 Å². The number of unbranched alkanes of at least 4 members (excludes halogenated alkanes) is 1. The topological polar surface area (TPSA) is 0 Å². The molecule has 28 heavy (non-hydrogen) atoms. The Hall–Kier alpha value is -0.938. The highest BCUT2D eigenvalue weighted by molar-refractivity contribution is 8.05. The molecule has 0 saturated heterocycles. The van der Waals surface area contributed by atoms with Crippen molar-refractivity contribution in [2.45, 2.75) is 68.2 Å². The summed E-state index contributed by atoms with van der Waals surface area (Å²) < 4.78 is 1.71. The van der Waals surface area contributed by atoms with Crippen molar-refractivity contribution < 1.29 is 0 Å². The molecule has 0 saturated carbocycles. The lowest BCUT2D eigenvalue weighted by atomic mass is 10.2. The highest BCUT2D eigenvalue weighted by Crippen LogP contribution is 2.45. The molecule has 2 aromatic carbocycles. The van der Waals surface area contributed by atoms with Gasteiger partial charge >= 0.3 is 0 Å². The molecule has 0 heterocycles. The molecule has 0 fully saturated rings. The fourth-order valence-corrected chi connectivity index (χ4v) is 14.6. The van der Waals surface area contributed by atoms with Gasteiger partial charge in [-0.05, 0) is 17.7 Å². The summed E-state index contributed by atoms with van der Waals surface area (Å²) >= 11 is 0.0748. The molecule has 2 aromatic rings. The van der Waals surface area contributed by atoms with Crippen molar-refractivity contribution in [3.05, 3.63) is 70.0 Å². The smallest absolute Gasteiger partial charge is 0.177 e. The van der Waals surface area contributed by atoms with E-state index in [1.807, 2.05) is 0 Å². The molecule has 0 aliphatic heterocycles. The van der Waals surface area contributed by atoms with Gasteiger partial charge in [-0.1, -0.05) is 114 Å². The molecule has 0 atom stereocenters. The minimum absolute atomic E-state index is 0.760. The number of hydrogen-bond donors (Lipinski definition) is 0. The normalized spacial score (nSPS) is 12.8. The summed E-state index contributed by atoms with van der Waals surface area (Å²) in [6.45, 7) is 12.0. The van der Waals surface area contributed by atoms with Gasteiger partial charge in [-0.25, -0.2) is 0 Å². The van der Waals surface area contributed by atoms with Gasteiger partial charge in [0.25, 0.3) is 0 Å². The van der Waals surface area contributed by atoms with Gasteiger partial charge in [-0.15, -0.1) is 11.8 Å². The summed E-state index contributed by atoms with van der Waals surface area (Å²) in [6.07, 6.45) is 5.21. The molecule has 0 aliphatic carbocycles. The largest absolute Gasteiger partial charge is 0.195 e. The third kappa shape index (κ3) is 7.47. The first-order chi connectivity index (χ1) is 13.4. The second kappa shape index (κ2) is 11.9. The summed E-state index contributed by atoms with van der Waals surface area (Å²) in [4.78, 5) is 1.39. The Morgan fingerprint density at radius 3 is 1.89 bits per heavy atom. The molecule has 0 unspecified atom stereocenters. The molecule has 0 amide bonds. The average molecular weight is 410 g/mol. The van der Waals surface area contributed by atoms with Gasteiger partial charge in [0, 0.05) is 4.90 Å². The van der Waals surface area contributed by atoms with E-state index < -0.39 is 13.1 Å². The molecule has 0 nitrogen and oxygen atoms in total. The molecule has 0 aromatic heterocycles. The summed E-state index contributed by atoms with van der Waals surface area (Å²) in [6, 6.07) is 22.0. The van der Waals surface area contributed by atoms with Crippen LogP contribution in [0.3, 0.4) is 0 Å². The van der Waals surface area contributed by atoms with E-state index >= 15 is 0 Å². The van der Waals surface area contributed by atoms with Crippen molar-refractivity contribution in [2.75, 3.05) is 0 Å². The maximum atomic E-state index is 2.54. The quantitative estimate of drug-likeness (QED) is 0.264. The highest BCUT2D eigenvalue weighted by atomic mass is 32.2. The van der Waals surface area contributed by atoms with E-state index in [4.69, 9.17) is 0 Å². The van der Waals surface area contributed by atoms with E-state index in [0.717, 1.165) is 11.8 Å². The van der Waals surface area contributed by atoms with Crippen LogP contribution >= 0.6 is 11.8 Å². The standard InChI is InChI=1S/C14H11S.3C4H9.Al/c1-3-7-13(8-4-1)11-12-15-14-9-5-2-6-10-14;2*1-4(2)3;1-3-4-2;/h1-11H;2*4H,1H2,2-3H3;1,3-4H2,2H3;/q;;;;-1. The van der Waals surface area contributed by atoms with Gasteiger partial charge in [-0.2, -0.15) is 19.6 Å². The molecule has 0 aliphatic rings. The first-order valence-electron chi connectivity index (χ1n) is 11.2. The van der Waals surface area contributed by atoms with Crippen LogP contribution in [0.2, 0.25) is 15.8 Å². The number of benzene rings is 2. The molecule has 2 heteroatoms. The first-order valence-corrected chi connectivity index (χ1v) is 15.0. The van der Waals surface area contributed by atoms with E-state index in [1.54, 1.807) is 3.77 Å². The molecule has 152 valence electrons. The molecule has 0 spiro atoms. The van der Waals surface area contributed by atoms with Crippen molar-refractivity contribution in [3.63, 3.8) is 0 Å². The Kier molecular flexibility index (Phi) is 9.94. The lowest BCUT2D eigenvalue weighted by molar-refractivity contribution is 0.672. The Morgan fingerprint density at radius 2 is 1.39 bits per heavy atom. The second-order valence-electron chi connectivity index (χ2n) is 9.25. The van der Waals surface area contributed by atoms with Crippen LogP contribution in [0.1, 0.15) is 53.0 Å². The van der Waals surface area contributed by atoms with Gasteiger partial charge in [0.05, 0.1) is 0 Å². The minimum atomic E-state index is -1.99. The Morgan fingerprint density at radius 1 is 0.857 bits per heavy atom. The van der Waals surface area contributed by atoms with E-state index in [9.17, 15) is 0 Å². The maximum Gasteiger partial charge on any atom is 0.177 e. The summed E-state index contributed by atoms with van der Waals surface area (Å²) in [7, 11) is 0. The highest BCUT2D eigenvalue weighted by Gasteiger charge is 2.34. The van der Waals surface area contributed by atoms with E-state index in [2.05, 4.69) is 113 Å². The van der Waals surface area contributed by atoms with Gasteiger partial charge in [0.15, 0.2) is 13.1 Å².